The second kappa shape index (κ2) is 6.97. The van der Waals surface area contributed by atoms with Crippen LogP contribution in [0.15, 0.2) is 0 Å². The van der Waals surface area contributed by atoms with Crippen LogP contribution in [0.4, 0.5) is 0 Å². The number of ether oxygens (including phenoxy) is 2. The number of carbonyl (C=O) groups is 1. The van der Waals surface area contributed by atoms with Crippen LogP contribution in [0.2, 0.25) is 0 Å². The summed E-state index contributed by atoms with van der Waals surface area (Å²) < 4.78 is 10.7. The highest BCUT2D eigenvalue weighted by Gasteiger charge is 2.21. The van der Waals surface area contributed by atoms with E-state index in [1.807, 2.05) is 13.8 Å². The van der Waals surface area contributed by atoms with Crippen LogP contribution in [0.5, 0.6) is 0 Å². The molecule has 0 spiro atoms. The smallest absolute Gasteiger partial charge is 0.305 e. The largest absolute Gasteiger partial charge is 0.466 e. The molecule has 0 amide bonds. The maximum absolute atomic E-state index is 10.9. The van der Waals surface area contributed by atoms with Crippen LogP contribution in [0.3, 0.4) is 0 Å². The fraction of sp³-hybridized carbons (Fsp3) is 0.923. The molecule has 0 aliphatic carbocycles. The van der Waals surface area contributed by atoms with Gasteiger partial charge in [-0.2, -0.15) is 0 Å². The molecule has 0 aliphatic rings. The van der Waals surface area contributed by atoms with Gasteiger partial charge in [0, 0.05) is 12.8 Å². The predicted molar refractivity (Wildman–Crippen MR) is 66.8 cm³/mol. The third-order valence-electron chi connectivity index (χ3n) is 2.46. The zero-order valence-corrected chi connectivity index (χ0v) is 11.7. The first kappa shape index (κ1) is 16.4. The highest BCUT2D eigenvalue weighted by molar-refractivity contribution is 5.68. The van der Waals surface area contributed by atoms with Gasteiger partial charge in [0.05, 0.1) is 24.4 Å². The van der Waals surface area contributed by atoms with Gasteiger partial charge in [-0.15, -0.1) is 0 Å². The van der Waals surface area contributed by atoms with Crippen molar-refractivity contribution < 1.29 is 19.4 Å². The monoisotopic (exact) mass is 246 g/mol. The minimum absolute atomic E-state index is 0.183. The summed E-state index contributed by atoms with van der Waals surface area (Å²) >= 11 is 0. The van der Waals surface area contributed by atoms with Gasteiger partial charge in [-0.3, -0.25) is 4.79 Å². The van der Waals surface area contributed by atoms with E-state index in [2.05, 4.69) is 0 Å². The van der Waals surface area contributed by atoms with E-state index < -0.39 is 5.60 Å². The Balaban J connectivity index is 3.76. The zero-order valence-electron chi connectivity index (χ0n) is 11.7. The van der Waals surface area contributed by atoms with E-state index in [9.17, 15) is 9.90 Å². The molecule has 0 aliphatic heterocycles. The lowest BCUT2D eigenvalue weighted by Gasteiger charge is -2.27. The fourth-order valence-electron chi connectivity index (χ4n) is 1.16. The van der Waals surface area contributed by atoms with Crippen LogP contribution in [0, 0.1) is 0 Å². The summed E-state index contributed by atoms with van der Waals surface area (Å²) in [4.78, 5) is 10.9. The Morgan fingerprint density at radius 2 is 1.71 bits per heavy atom. The van der Waals surface area contributed by atoms with Crippen molar-refractivity contribution >= 4 is 5.97 Å². The highest BCUT2D eigenvalue weighted by Crippen LogP contribution is 2.17. The summed E-state index contributed by atoms with van der Waals surface area (Å²) in [5, 5.41) is 9.55. The van der Waals surface area contributed by atoms with Gasteiger partial charge in [-0.25, -0.2) is 0 Å². The topological polar surface area (TPSA) is 55.8 Å². The van der Waals surface area contributed by atoms with Gasteiger partial charge < -0.3 is 14.6 Å². The second-order valence-electron chi connectivity index (χ2n) is 5.49. The molecule has 1 N–H and O–H groups in total. The van der Waals surface area contributed by atoms with Crippen molar-refractivity contribution in [2.24, 2.45) is 0 Å². The van der Waals surface area contributed by atoms with E-state index in [1.165, 1.54) is 0 Å². The normalized spacial score (nSPS) is 12.6. The van der Waals surface area contributed by atoms with Crippen molar-refractivity contribution in [1.29, 1.82) is 0 Å². The first-order chi connectivity index (χ1) is 7.66. The van der Waals surface area contributed by atoms with Crippen LogP contribution in [0.25, 0.3) is 0 Å². The Kier molecular flexibility index (Phi) is 6.72. The molecule has 0 heterocycles. The molecule has 0 rings (SSSR count). The van der Waals surface area contributed by atoms with Gasteiger partial charge in [0.15, 0.2) is 0 Å². The van der Waals surface area contributed by atoms with Crippen LogP contribution in [-0.4, -0.2) is 35.5 Å². The highest BCUT2D eigenvalue weighted by atomic mass is 16.5. The van der Waals surface area contributed by atoms with Gasteiger partial charge in [0.25, 0.3) is 0 Å². The van der Waals surface area contributed by atoms with Crippen LogP contribution >= 0.6 is 0 Å². The van der Waals surface area contributed by atoms with E-state index in [-0.39, 0.29) is 11.6 Å². The molecule has 0 atom stereocenters. The molecular formula is C13H26O4. The quantitative estimate of drug-likeness (QED) is 0.668. The molecule has 0 bridgehead atoms. The molecule has 0 saturated carbocycles. The summed E-state index contributed by atoms with van der Waals surface area (Å²) in [6, 6.07) is 0. The molecule has 0 aromatic carbocycles. The van der Waals surface area contributed by atoms with Crippen molar-refractivity contribution in [1.82, 2.24) is 0 Å². The van der Waals surface area contributed by atoms with E-state index in [4.69, 9.17) is 9.47 Å². The summed E-state index contributed by atoms with van der Waals surface area (Å²) in [6.45, 7) is 10.1. The summed E-state index contributed by atoms with van der Waals surface area (Å²) in [5.74, 6) is -0.183. The number of hydrogen-bond donors (Lipinski definition) is 1. The molecule has 4 nitrogen and oxygen atoms in total. The van der Waals surface area contributed by atoms with E-state index >= 15 is 0 Å². The van der Waals surface area contributed by atoms with Crippen LogP contribution in [-0.2, 0) is 14.3 Å². The Hall–Kier alpha value is -0.610. The lowest BCUT2D eigenvalue weighted by molar-refractivity contribution is -0.145. The number of hydrogen-bond acceptors (Lipinski definition) is 4. The van der Waals surface area contributed by atoms with Crippen LogP contribution < -0.4 is 0 Å². The Morgan fingerprint density at radius 3 is 2.18 bits per heavy atom. The maximum atomic E-state index is 10.9. The van der Waals surface area contributed by atoms with Gasteiger partial charge in [0.2, 0.25) is 0 Å². The lowest BCUT2D eigenvalue weighted by atomic mass is 10.0. The van der Waals surface area contributed by atoms with Gasteiger partial charge >= 0.3 is 5.97 Å². The maximum Gasteiger partial charge on any atom is 0.305 e. The summed E-state index contributed by atoms with van der Waals surface area (Å²) in [6.07, 6.45) is 1.65. The number of carbonyl (C=O) groups excluding carboxylic acids is 1. The van der Waals surface area contributed by atoms with E-state index in [1.54, 1.807) is 20.8 Å². The first-order valence-electron chi connectivity index (χ1n) is 6.18. The van der Waals surface area contributed by atoms with E-state index in [0.29, 0.717) is 32.5 Å². The van der Waals surface area contributed by atoms with Crippen molar-refractivity contribution in [3.8, 4) is 0 Å². The number of esters is 1. The first-order valence-corrected chi connectivity index (χ1v) is 6.18. The van der Waals surface area contributed by atoms with Crippen molar-refractivity contribution in [3.63, 3.8) is 0 Å². The molecule has 17 heavy (non-hydrogen) atoms. The Morgan fingerprint density at radius 1 is 1.12 bits per heavy atom. The summed E-state index contributed by atoms with van der Waals surface area (Å²) in [7, 11) is 0. The molecule has 0 unspecified atom stereocenters. The Bertz CT molecular complexity index is 228. The van der Waals surface area contributed by atoms with E-state index in [0.717, 1.165) is 0 Å². The standard InChI is InChI=1S/C13H26O4/c1-6-11(14)16-9-8-13(4,5)17-10-7-12(2,3)15/h15H,6-10H2,1-5H3. The van der Waals surface area contributed by atoms with Crippen molar-refractivity contribution in [2.75, 3.05) is 13.2 Å². The molecule has 0 fully saturated rings. The minimum atomic E-state index is -0.704. The zero-order chi connectivity index (χ0) is 13.5. The molecule has 4 heteroatoms. The molecule has 0 aromatic rings. The molecule has 102 valence electrons. The number of rotatable bonds is 8. The minimum Gasteiger partial charge on any atom is -0.466 e. The van der Waals surface area contributed by atoms with Crippen molar-refractivity contribution in [2.45, 2.75) is 65.1 Å². The SMILES string of the molecule is CCC(=O)OCCC(C)(C)OCCC(C)(C)O. The van der Waals surface area contributed by atoms with Crippen molar-refractivity contribution in [3.05, 3.63) is 0 Å². The average molecular weight is 246 g/mol. The third-order valence-corrected chi connectivity index (χ3v) is 2.46. The van der Waals surface area contributed by atoms with Crippen LogP contribution in [0.1, 0.15) is 53.9 Å². The fourth-order valence-corrected chi connectivity index (χ4v) is 1.16. The predicted octanol–water partition coefficient (Wildman–Crippen LogP) is 2.29. The molecule has 0 saturated heterocycles. The second-order valence-corrected chi connectivity index (χ2v) is 5.49. The van der Waals surface area contributed by atoms with Gasteiger partial charge in [0.1, 0.15) is 0 Å². The van der Waals surface area contributed by atoms with Gasteiger partial charge in [-0.1, -0.05) is 6.92 Å². The average Bonchev–Trinajstić information content (AvgIpc) is 2.14. The molecular weight excluding hydrogens is 220 g/mol. The third kappa shape index (κ3) is 10.3. The number of aliphatic hydroxyl groups is 1. The summed E-state index contributed by atoms with van der Waals surface area (Å²) in [5.41, 5.74) is -1.04. The lowest BCUT2D eigenvalue weighted by Crippen LogP contribution is -2.30. The Labute approximate surface area is 104 Å². The molecule has 0 aromatic heterocycles. The van der Waals surface area contributed by atoms with Gasteiger partial charge in [-0.05, 0) is 34.1 Å². The molecule has 0 radical (unpaired) electrons.